The third-order valence-corrected chi connectivity index (χ3v) is 7.07. The number of nitrogens with one attached hydrogen (secondary N) is 1. The van der Waals surface area contributed by atoms with Crippen molar-refractivity contribution in [2.24, 2.45) is 0 Å². The molecule has 0 saturated carbocycles. The van der Waals surface area contributed by atoms with Crippen LogP contribution in [0.2, 0.25) is 0 Å². The number of hydrogen-bond donors (Lipinski definition) is 1. The van der Waals surface area contributed by atoms with Gasteiger partial charge in [0.15, 0.2) is 5.16 Å². The number of thiophene rings is 1. The Morgan fingerprint density at radius 2 is 2.10 bits per heavy atom. The molecule has 4 aromatic rings. The van der Waals surface area contributed by atoms with Gasteiger partial charge < -0.3 is 10.1 Å². The van der Waals surface area contributed by atoms with Crippen LogP contribution in [0.5, 0.6) is 0 Å². The van der Waals surface area contributed by atoms with E-state index in [0.717, 1.165) is 49.1 Å². The minimum atomic E-state index is -0.196. The lowest BCUT2D eigenvalue weighted by Crippen LogP contribution is -2.32. The number of fused-ring (bicyclic) bond motifs is 5. The van der Waals surface area contributed by atoms with Crippen molar-refractivity contribution in [3.8, 4) is 0 Å². The molecule has 5 heterocycles. The van der Waals surface area contributed by atoms with Gasteiger partial charge in [-0.05, 0) is 44.2 Å². The summed E-state index contributed by atoms with van der Waals surface area (Å²) in [4.78, 5) is 19.8. The summed E-state index contributed by atoms with van der Waals surface area (Å²) in [6, 6.07) is 4.00. The Morgan fingerprint density at radius 3 is 2.87 bits per heavy atom. The maximum absolute atomic E-state index is 6.07. The lowest BCUT2D eigenvalue weighted by molar-refractivity contribution is -0.0400. The molecule has 1 aliphatic rings. The lowest BCUT2D eigenvalue weighted by Gasteiger charge is -2.32. The van der Waals surface area contributed by atoms with Gasteiger partial charge >= 0.3 is 0 Å². The monoisotopic (exact) mass is 437 g/mol. The second kappa shape index (κ2) is 7.44. The van der Waals surface area contributed by atoms with Crippen molar-refractivity contribution in [2.45, 2.75) is 51.1 Å². The molecule has 0 aliphatic carbocycles. The fourth-order valence-electron chi connectivity index (χ4n) is 3.92. The molecule has 0 radical (unpaired) electrons. The summed E-state index contributed by atoms with van der Waals surface area (Å²) in [6.07, 6.45) is 6.52. The number of aryl methyl sites for hydroxylation is 1. The molecule has 1 N–H and O–H groups in total. The minimum Gasteiger partial charge on any atom is -0.370 e. The highest BCUT2D eigenvalue weighted by Crippen LogP contribution is 2.42. The van der Waals surface area contributed by atoms with Crippen molar-refractivity contribution >= 4 is 49.3 Å². The first-order chi connectivity index (χ1) is 14.4. The van der Waals surface area contributed by atoms with Crippen LogP contribution >= 0.6 is 23.1 Å². The van der Waals surface area contributed by atoms with Gasteiger partial charge in [0.05, 0.1) is 22.4 Å². The van der Waals surface area contributed by atoms with Gasteiger partial charge in [-0.3, -0.25) is 4.98 Å². The Morgan fingerprint density at radius 1 is 1.23 bits per heavy atom. The number of hydrogen-bond acceptors (Lipinski definition) is 8. The van der Waals surface area contributed by atoms with Gasteiger partial charge in [-0.1, -0.05) is 17.8 Å². The van der Waals surface area contributed by atoms with E-state index in [1.807, 2.05) is 18.5 Å². The second-order valence-corrected chi connectivity index (χ2v) is 9.89. The fourth-order valence-corrected chi connectivity index (χ4v) is 5.44. The molecule has 6 nitrogen and oxygen atoms in total. The Balaban J connectivity index is 1.70. The van der Waals surface area contributed by atoms with Crippen LogP contribution in [0.15, 0.2) is 29.7 Å². The van der Waals surface area contributed by atoms with Gasteiger partial charge in [-0.15, -0.1) is 11.3 Å². The second-order valence-electron chi connectivity index (χ2n) is 8.11. The van der Waals surface area contributed by atoms with Crippen LogP contribution in [0.25, 0.3) is 20.4 Å². The number of aromatic nitrogens is 4. The molecule has 0 amide bonds. The van der Waals surface area contributed by atoms with Crippen molar-refractivity contribution in [3.63, 3.8) is 0 Å². The van der Waals surface area contributed by atoms with E-state index in [4.69, 9.17) is 19.7 Å². The maximum Gasteiger partial charge on any atom is 0.189 e. The average molecular weight is 438 g/mol. The molecule has 154 valence electrons. The number of anilines is 1. The normalized spacial score (nSPS) is 15.5. The number of rotatable bonds is 4. The molecule has 30 heavy (non-hydrogen) atoms. The standard InChI is InChI=1S/C22H23N5OS2/c1-12-15-11-28-22(2,3)8-14(15)16-17-18(30-20(16)25-12)19(27-21(26-17)29-4)24-10-13-6-5-7-23-9-13/h5-7,9H,8,10-11H2,1-4H3,(H,24,26,27). The van der Waals surface area contributed by atoms with Crippen molar-refractivity contribution < 1.29 is 4.74 Å². The zero-order valence-electron chi connectivity index (χ0n) is 17.4. The van der Waals surface area contributed by atoms with E-state index >= 15 is 0 Å². The Bertz CT molecular complexity index is 1250. The molecule has 0 saturated heterocycles. The van der Waals surface area contributed by atoms with Gasteiger partial charge in [-0.2, -0.15) is 0 Å². The summed E-state index contributed by atoms with van der Waals surface area (Å²) in [5.41, 5.74) is 5.48. The highest BCUT2D eigenvalue weighted by Gasteiger charge is 2.31. The van der Waals surface area contributed by atoms with Crippen LogP contribution in [-0.4, -0.2) is 31.8 Å². The Kier molecular flexibility index (Phi) is 4.88. The van der Waals surface area contributed by atoms with Crippen LogP contribution < -0.4 is 5.32 Å². The number of thioether (sulfide) groups is 1. The topological polar surface area (TPSA) is 72.8 Å². The first kappa shape index (κ1) is 19.7. The molecule has 8 heteroatoms. The van der Waals surface area contributed by atoms with Crippen molar-refractivity contribution in [3.05, 3.63) is 46.9 Å². The predicted octanol–water partition coefficient (Wildman–Crippen LogP) is 5.13. The lowest BCUT2D eigenvalue weighted by atomic mass is 9.89. The molecule has 0 bridgehead atoms. The third kappa shape index (κ3) is 3.42. The first-order valence-corrected chi connectivity index (χ1v) is 11.9. The molecular weight excluding hydrogens is 414 g/mol. The van der Waals surface area contributed by atoms with Crippen molar-refractivity contribution in [1.82, 2.24) is 19.9 Å². The summed E-state index contributed by atoms with van der Waals surface area (Å²) >= 11 is 3.22. The Hall–Kier alpha value is -2.29. The van der Waals surface area contributed by atoms with Gasteiger partial charge in [0.1, 0.15) is 10.6 Å². The quantitative estimate of drug-likeness (QED) is 0.350. The van der Waals surface area contributed by atoms with E-state index in [1.54, 1.807) is 29.3 Å². The molecule has 5 rings (SSSR count). The predicted molar refractivity (Wildman–Crippen MR) is 123 cm³/mol. The van der Waals surface area contributed by atoms with E-state index in [1.165, 1.54) is 11.1 Å². The van der Waals surface area contributed by atoms with E-state index in [2.05, 4.69) is 37.1 Å². The largest absolute Gasteiger partial charge is 0.370 e. The van der Waals surface area contributed by atoms with Crippen LogP contribution in [0.3, 0.4) is 0 Å². The van der Waals surface area contributed by atoms with Crippen LogP contribution in [0.1, 0.15) is 36.2 Å². The van der Waals surface area contributed by atoms with Crippen molar-refractivity contribution in [1.29, 1.82) is 0 Å². The zero-order valence-corrected chi connectivity index (χ0v) is 19.1. The molecule has 0 unspecified atom stereocenters. The summed E-state index contributed by atoms with van der Waals surface area (Å²) in [5, 5.41) is 5.43. The maximum atomic E-state index is 6.07. The van der Waals surface area contributed by atoms with E-state index in [-0.39, 0.29) is 5.60 Å². The zero-order chi connectivity index (χ0) is 20.9. The van der Waals surface area contributed by atoms with Gasteiger partial charge in [0, 0.05) is 42.0 Å². The molecule has 1 aliphatic heterocycles. The van der Waals surface area contributed by atoms with Gasteiger partial charge in [-0.25, -0.2) is 15.0 Å². The summed E-state index contributed by atoms with van der Waals surface area (Å²) in [5.74, 6) is 0.855. The molecule has 0 fully saturated rings. The molecular formula is C22H23N5OS2. The van der Waals surface area contributed by atoms with E-state index in [0.29, 0.717) is 13.2 Å². The minimum absolute atomic E-state index is 0.196. The summed E-state index contributed by atoms with van der Waals surface area (Å²) in [7, 11) is 0. The van der Waals surface area contributed by atoms with Gasteiger partial charge in [0.25, 0.3) is 0 Å². The fraction of sp³-hybridized carbons (Fsp3) is 0.364. The number of nitrogens with zero attached hydrogens (tertiary/aromatic N) is 4. The third-order valence-electron chi connectivity index (χ3n) is 5.44. The van der Waals surface area contributed by atoms with Crippen LogP contribution in [0, 0.1) is 6.92 Å². The number of pyridine rings is 2. The van der Waals surface area contributed by atoms with Crippen LogP contribution in [0.4, 0.5) is 5.82 Å². The molecule has 4 aromatic heterocycles. The van der Waals surface area contributed by atoms with E-state index in [9.17, 15) is 0 Å². The highest BCUT2D eigenvalue weighted by atomic mass is 32.2. The molecule has 0 atom stereocenters. The Labute approximate surface area is 183 Å². The summed E-state index contributed by atoms with van der Waals surface area (Å²) < 4.78 is 7.13. The highest BCUT2D eigenvalue weighted by molar-refractivity contribution is 7.98. The smallest absolute Gasteiger partial charge is 0.189 e. The molecule has 0 spiro atoms. The summed E-state index contributed by atoms with van der Waals surface area (Å²) in [6.45, 7) is 7.63. The average Bonchev–Trinajstić information content (AvgIpc) is 3.10. The SMILES string of the molecule is CSc1nc(NCc2cccnc2)c2sc3nc(C)c4c(c3c2n1)CC(C)(C)OC4. The molecule has 0 aromatic carbocycles. The van der Waals surface area contributed by atoms with Gasteiger partial charge in [0.2, 0.25) is 0 Å². The van der Waals surface area contributed by atoms with Crippen molar-refractivity contribution in [2.75, 3.05) is 11.6 Å². The van der Waals surface area contributed by atoms with Crippen LogP contribution in [-0.2, 0) is 24.3 Å². The number of ether oxygens (including phenoxy) is 1. The first-order valence-electron chi connectivity index (χ1n) is 9.88. The van der Waals surface area contributed by atoms with E-state index < -0.39 is 0 Å².